The third-order valence-electron chi connectivity index (χ3n) is 4.11. The Morgan fingerprint density at radius 2 is 1.42 bits per heavy atom. The summed E-state index contributed by atoms with van der Waals surface area (Å²) in [5.74, 6) is -0.765. The number of aliphatic carboxylic acids is 1. The maximum atomic E-state index is 11.8. The molecule has 3 N–H and O–H groups in total. The highest BCUT2D eigenvalue weighted by Crippen LogP contribution is 2.17. The summed E-state index contributed by atoms with van der Waals surface area (Å²) in [6, 6.07) is 19.5. The van der Waals surface area contributed by atoms with Crippen molar-refractivity contribution in [2.24, 2.45) is 5.73 Å². The smallest absolute Gasteiger partial charge is 0.320 e. The molecule has 128 valence electrons. The number of nitrogens with zero attached hydrogens (tertiary/aromatic N) is 1. The lowest BCUT2D eigenvalue weighted by atomic mass is 10.0. The normalized spacial score (nSPS) is 12.2. The number of carboxylic acid groups (broad SMARTS) is 1. The molecule has 4 nitrogen and oxygen atoms in total. The van der Waals surface area contributed by atoms with Gasteiger partial charge in [0.15, 0.2) is 0 Å². The number of hydrogen-bond donors (Lipinski definition) is 2. The second-order valence-electron chi connectivity index (χ2n) is 6.01. The number of nitrogens with two attached hydrogens (primary N) is 1. The van der Waals surface area contributed by atoms with Crippen LogP contribution in [0.5, 0.6) is 0 Å². The lowest BCUT2D eigenvalue weighted by Gasteiger charge is -2.29. The third-order valence-corrected chi connectivity index (χ3v) is 4.11. The van der Waals surface area contributed by atoms with E-state index in [0.717, 1.165) is 24.0 Å². The molecular weight excluding hydrogens is 300 g/mol. The van der Waals surface area contributed by atoms with Crippen LogP contribution >= 0.6 is 0 Å². The summed E-state index contributed by atoms with van der Waals surface area (Å²) in [5, 5.41) is 9.73. The van der Waals surface area contributed by atoms with Crippen molar-refractivity contribution in [3.8, 4) is 0 Å². The predicted molar refractivity (Wildman–Crippen MR) is 96.5 cm³/mol. The van der Waals surface area contributed by atoms with E-state index in [1.165, 1.54) is 0 Å². The Morgan fingerprint density at radius 1 is 0.917 bits per heavy atom. The molecule has 0 heterocycles. The molecule has 2 aromatic rings. The Kier molecular flexibility index (Phi) is 7.46. The lowest BCUT2D eigenvalue weighted by Crippen LogP contribution is -2.40. The SMILES string of the molecule is NCCCCC(C(=O)O)N(Cc1ccccc1)Cc1ccccc1. The molecule has 0 aliphatic carbocycles. The Hall–Kier alpha value is -2.17. The highest BCUT2D eigenvalue weighted by atomic mass is 16.4. The average molecular weight is 326 g/mol. The predicted octanol–water partition coefficient (Wildman–Crippen LogP) is 3.27. The van der Waals surface area contributed by atoms with Gasteiger partial charge in [-0.25, -0.2) is 0 Å². The van der Waals surface area contributed by atoms with Crippen LogP contribution in [0.25, 0.3) is 0 Å². The molecule has 24 heavy (non-hydrogen) atoms. The maximum Gasteiger partial charge on any atom is 0.320 e. The standard InChI is InChI=1S/C20H26N2O2/c21-14-8-7-13-19(20(23)24)22(15-17-9-3-1-4-10-17)16-18-11-5-2-6-12-18/h1-6,9-12,19H,7-8,13-16,21H2,(H,23,24). The molecule has 0 saturated heterocycles. The van der Waals surface area contributed by atoms with Gasteiger partial charge >= 0.3 is 5.97 Å². The molecule has 0 amide bonds. The zero-order valence-electron chi connectivity index (χ0n) is 14.0. The van der Waals surface area contributed by atoms with E-state index >= 15 is 0 Å². The van der Waals surface area contributed by atoms with Crippen LogP contribution in [0.1, 0.15) is 30.4 Å². The Bertz CT molecular complexity index is 560. The molecule has 0 aromatic heterocycles. The van der Waals surface area contributed by atoms with Crippen molar-refractivity contribution >= 4 is 5.97 Å². The molecule has 1 atom stereocenters. The van der Waals surface area contributed by atoms with Crippen LogP contribution in [0, 0.1) is 0 Å². The van der Waals surface area contributed by atoms with Crippen LogP contribution in [-0.4, -0.2) is 28.6 Å². The van der Waals surface area contributed by atoms with E-state index in [1.54, 1.807) is 0 Å². The molecule has 0 aliphatic rings. The van der Waals surface area contributed by atoms with Gasteiger partial charge in [-0.3, -0.25) is 9.69 Å². The monoisotopic (exact) mass is 326 g/mol. The van der Waals surface area contributed by atoms with Crippen LogP contribution in [0.2, 0.25) is 0 Å². The molecule has 0 spiro atoms. The summed E-state index contributed by atoms with van der Waals surface area (Å²) in [6.07, 6.45) is 2.30. The summed E-state index contributed by atoms with van der Waals surface area (Å²) < 4.78 is 0. The number of hydrogen-bond acceptors (Lipinski definition) is 3. The van der Waals surface area contributed by atoms with Crippen molar-refractivity contribution in [3.63, 3.8) is 0 Å². The Labute approximate surface area is 143 Å². The van der Waals surface area contributed by atoms with Gasteiger partial charge in [-0.15, -0.1) is 0 Å². The second-order valence-corrected chi connectivity index (χ2v) is 6.01. The van der Waals surface area contributed by atoms with Gasteiger partial charge in [0.05, 0.1) is 0 Å². The molecule has 0 bridgehead atoms. The lowest BCUT2D eigenvalue weighted by molar-refractivity contribution is -0.144. The summed E-state index contributed by atoms with van der Waals surface area (Å²) in [5.41, 5.74) is 7.80. The van der Waals surface area contributed by atoms with Gasteiger partial charge in [0, 0.05) is 13.1 Å². The first-order valence-electron chi connectivity index (χ1n) is 8.45. The first kappa shape index (κ1) is 18.2. The van der Waals surface area contributed by atoms with Crippen LogP contribution in [0.3, 0.4) is 0 Å². The van der Waals surface area contributed by atoms with Crippen molar-refractivity contribution in [2.45, 2.75) is 38.4 Å². The second kappa shape index (κ2) is 9.85. The zero-order chi connectivity index (χ0) is 17.2. The van der Waals surface area contributed by atoms with Gasteiger partial charge in [0.1, 0.15) is 6.04 Å². The van der Waals surface area contributed by atoms with Crippen molar-refractivity contribution in [1.29, 1.82) is 0 Å². The zero-order valence-corrected chi connectivity index (χ0v) is 14.0. The Balaban J connectivity index is 2.17. The topological polar surface area (TPSA) is 66.6 Å². The van der Waals surface area contributed by atoms with E-state index < -0.39 is 12.0 Å². The van der Waals surface area contributed by atoms with Gasteiger partial charge in [0.2, 0.25) is 0 Å². The highest BCUT2D eigenvalue weighted by molar-refractivity contribution is 5.73. The molecule has 0 aliphatic heterocycles. The number of unbranched alkanes of at least 4 members (excludes halogenated alkanes) is 1. The molecule has 2 rings (SSSR count). The summed E-state index contributed by atoms with van der Waals surface area (Å²) in [6.45, 7) is 1.84. The molecule has 0 radical (unpaired) electrons. The fourth-order valence-corrected chi connectivity index (χ4v) is 2.86. The molecule has 4 heteroatoms. The quantitative estimate of drug-likeness (QED) is 0.658. The fraction of sp³-hybridized carbons (Fsp3) is 0.350. The van der Waals surface area contributed by atoms with Gasteiger partial charge < -0.3 is 10.8 Å². The van der Waals surface area contributed by atoms with Gasteiger partial charge in [-0.2, -0.15) is 0 Å². The molecule has 1 unspecified atom stereocenters. The molecule has 0 fully saturated rings. The van der Waals surface area contributed by atoms with Crippen LogP contribution in [0.15, 0.2) is 60.7 Å². The largest absolute Gasteiger partial charge is 0.480 e. The molecular formula is C20H26N2O2. The summed E-state index contributed by atoms with van der Waals surface area (Å²) >= 11 is 0. The average Bonchev–Trinajstić information content (AvgIpc) is 2.60. The van der Waals surface area contributed by atoms with Crippen molar-refractivity contribution < 1.29 is 9.90 Å². The molecule has 2 aromatic carbocycles. The van der Waals surface area contributed by atoms with Crippen molar-refractivity contribution in [3.05, 3.63) is 71.8 Å². The Morgan fingerprint density at radius 3 is 1.83 bits per heavy atom. The number of rotatable bonds is 10. The highest BCUT2D eigenvalue weighted by Gasteiger charge is 2.25. The third kappa shape index (κ3) is 5.80. The first-order valence-corrected chi connectivity index (χ1v) is 8.45. The van der Waals surface area contributed by atoms with Crippen LogP contribution in [0.4, 0.5) is 0 Å². The fourth-order valence-electron chi connectivity index (χ4n) is 2.86. The summed E-state index contributed by atoms with van der Waals surface area (Å²) in [7, 11) is 0. The minimum Gasteiger partial charge on any atom is -0.480 e. The molecule has 0 saturated carbocycles. The van der Waals surface area contributed by atoms with Gasteiger partial charge in [0.25, 0.3) is 0 Å². The minimum absolute atomic E-state index is 0.503. The maximum absolute atomic E-state index is 11.8. The van der Waals surface area contributed by atoms with E-state index in [1.807, 2.05) is 65.6 Å². The first-order chi connectivity index (χ1) is 11.7. The summed E-state index contributed by atoms with van der Waals surface area (Å²) in [4.78, 5) is 13.9. The minimum atomic E-state index is -0.765. The van der Waals surface area contributed by atoms with E-state index in [9.17, 15) is 9.90 Å². The van der Waals surface area contributed by atoms with Gasteiger partial charge in [-0.05, 0) is 30.5 Å². The van der Waals surface area contributed by atoms with Crippen LogP contribution < -0.4 is 5.73 Å². The number of benzene rings is 2. The van der Waals surface area contributed by atoms with E-state index in [4.69, 9.17) is 5.73 Å². The van der Waals surface area contributed by atoms with Crippen LogP contribution in [-0.2, 0) is 17.9 Å². The van der Waals surface area contributed by atoms with Crippen molar-refractivity contribution in [1.82, 2.24) is 4.90 Å². The number of carboxylic acids is 1. The van der Waals surface area contributed by atoms with Gasteiger partial charge in [-0.1, -0.05) is 67.1 Å². The van der Waals surface area contributed by atoms with E-state index in [2.05, 4.69) is 0 Å². The number of carbonyl (C=O) groups is 1. The van der Waals surface area contributed by atoms with E-state index in [-0.39, 0.29) is 0 Å². The van der Waals surface area contributed by atoms with E-state index in [0.29, 0.717) is 26.1 Å². The van der Waals surface area contributed by atoms with Crippen molar-refractivity contribution in [2.75, 3.05) is 6.54 Å².